The lowest BCUT2D eigenvalue weighted by Crippen LogP contribution is -2.55. The second-order valence-electron chi connectivity index (χ2n) is 6.46. The average molecular weight is 289 g/mol. The van der Waals surface area contributed by atoms with Crippen molar-refractivity contribution in [2.45, 2.75) is 74.6 Å². The maximum atomic E-state index is 11.7. The van der Waals surface area contributed by atoms with Gasteiger partial charge in [-0.1, -0.05) is 25.7 Å². The quantitative estimate of drug-likeness (QED) is 0.825. The van der Waals surface area contributed by atoms with E-state index in [0.717, 1.165) is 44.9 Å². The SMILES string of the molecule is CS(=O)(=O)C1CCCC(NC2(CO)CCCCC2)C1. The largest absolute Gasteiger partial charge is 0.394 e. The van der Waals surface area contributed by atoms with Crippen molar-refractivity contribution in [1.29, 1.82) is 0 Å². The molecule has 0 heterocycles. The molecule has 112 valence electrons. The van der Waals surface area contributed by atoms with E-state index in [2.05, 4.69) is 5.32 Å². The Bertz CT molecular complexity index is 387. The van der Waals surface area contributed by atoms with Gasteiger partial charge in [0.05, 0.1) is 11.9 Å². The van der Waals surface area contributed by atoms with Crippen molar-refractivity contribution >= 4 is 9.84 Å². The van der Waals surface area contributed by atoms with Gasteiger partial charge in [0.1, 0.15) is 9.84 Å². The first-order chi connectivity index (χ1) is 8.95. The fourth-order valence-electron chi connectivity index (χ4n) is 3.67. The highest BCUT2D eigenvalue weighted by Gasteiger charge is 2.36. The minimum atomic E-state index is -2.93. The highest BCUT2D eigenvalue weighted by atomic mass is 32.2. The summed E-state index contributed by atoms with van der Waals surface area (Å²) in [6.45, 7) is 0.174. The van der Waals surface area contributed by atoms with Gasteiger partial charge in [-0.3, -0.25) is 0 Å². The molecule has 2 fully saturated rings. The van der Waals surface area contributed by atoms with Gasteiger partial charge < -0.3 is 10.4 Å². The number of hydrogen-bond acceptors (Lipinski definition) is 4. The van der Waals surface area contributed by atoms with Gasteiger partial charge in [0.25, 0.3) is 0 Å². The summed E-state index contributed by atoms with van der Waals surface area (Å²) < 4.78 is 23.4. The summed E-state index contributed by atoms with van der Waals surface area (Å²) in [6, 6.07) is 0.249. The van der Waals surface area contributed by atoms with Gasteiger partial charge in [0.2, 0.25) is 0 Å². The molecule has 5 heteroatoms. The zero-order valence-corrected chi connectivity index (χ0v) is 12.7. The van der Waals surface area contributed by atoms with E-state index in [9.17, 15) is 13.5 Å². The third-order valence-corrected chi connectivity index (χ3v) is 6.49. The summed E-state index contributed by atoms with van der Waals surface area (Å²) in [5.74, 6) is 0. The van der Waals surface area contributed by atoms with Crippen LogP contribution in [0.5, 0.6) is 0 Å². The molecule has 2 unspecified atom stereocenters. The first-order valence-corrected chi connectivity index (χ1v) is 9.48. The Morgan fingerprint density at radius 2 is 1.84 bits per heavy atom. The van der Waals surface area contributed by atoms with E-state index in [-0.39, 0.29) is 23.4 Å². The van der Waals surface area contributed by atoms with Crippen molar-refractivity contribution in [3.05, 3.63) is 0 Å². The fraction of sp³-hybridized carbons (Fsp3) is 1.00. The first-order valence-electron chi connectivity index (χ1n) is 7.53. The zero-order valence-electron chi connectivity index (χ0n) is 11.9. The fourth-order valence-corrected chi connectivity index (χ4v) is 4.85. The summed E-state index contributed by atoms with van der Waals surface area (Å²) in [6.07, 6.45) is 10.5. The number of nitrogens with one attached hydrogen (secondary N) is 1. The van der Waals surface area contributed by atoms with Crippen LogP contribution in [0.4, 0.5) is 0 Å². The summed E-state index contributed by atoms with van der Waals surface area (Å²) in [7, 11) is -2.93. The van der Waals surface area contributed by atoms with Crippen LogP contribution < -0.4 is 5.32 Å². The molecule has 0 aromatic rings. The number of sulfone groups is 1. The molecule has 0 amide bonds. The van der Waals surface area contributed by atoms with E-state index >= 15 is 0 Å². The topological polar surface area (TPSA) is 66.4 Å². The number of rotatable bonds is 4. The van der Waals surface area contributed by atoms with Crippen molar-refractivity contribution in [3.8, 4) is 0 Å². The van der Waals surface area contributed by atoms with E-state index < -0.39 is 9.84 Å². The second-order valence-corrected chi connectivity index (χ2v) is 8.78. The third kappa shape index (κ3) is 3.92. The standard InChI is InChI=1S/C14H27NO3S/c1-19(17,18)13-7-5-6-12(10-13)15-14(11-16)8-3-2-4-9-14/h12-13,15-16H,2-11H2,1H3. The van der Waals surface area contributed by atoms with Gasteiger partial charge in [-0.2, -0.15) is 0 Å². The molecule has 0 radical (unpaired) electrons. The van der Waals surface area contributed by atoms with Crippen molar-refractivity contribution in [3.63, 3.8) is 0 Å². The maximum absolute atomic E-state index is 11.7. The lowest BCUT2D eigenvalue weighted by atomic mass is 9.80. The van der Waals surface area contributed by atoms with E-state index in [1.807, 2.05) is 0 Å². The highest BCUT2D eigenvalue weighted by Crippen LogP contribution is 2.31. The zero-order chi connectivity index (χ0) is 13.9. The molecule has 2 aliphatic carbocycles. The molecular formula is C14H27NO3S. The maximum Gasteiger partial charge on any atom is 0.150 e. The monoisotopic (exact) mass is 289 g/mol. The summed E-state index contributed by atoms with van der Waals surface area (Å²) in [4.78, 5) is 0. The molecule has 0 aromatic carbocycles. The average Bonchev–Trinajstić information content (AvgIpc) is 2.39. The van der Waals surface area contributed by atoms with Gasteiger partial charge in [-0.15, -0.1) is 0 Å². The predicted molar refractivity (Wildman–Crippen MR) is 76.9 cm³/mol. The van der Waals surface area contributed by atoms with Crippen LogP contribution >= 0.6 is 0 Å². The van der Waals surface area contributed by atoms with Crippen LogP contribution in [0.2, 0.25) is 0 Å². The Kier molecular flexibility index (Phi) is 4.90. The number of hydrogen-bond donors (Lipinski definition) is 2. The number of aliphatic hydroxyl groups excluding tert-OH is 1. The van der Waals surface area contributed by atoms with Crippen LogP contribution in [0.25, 0.3) is 0 Å². The highest BCUT2D eigenvalue weighted by molar-refractivity contribution is 7.91. The smallest absolute Gasteiger partial charge is 0.150 e. The lowest BCUT2D eigenvalue weighted by molar-refractivity contribution is 0.101. The molecule has 2 atom stereocenters. The first kappa shape index (κ1) is 15.3. The molecule has 4 nitrogen and oxygen atoms in total. The minimum Gasteiger partial charge on any atom is -0.394 e. The van der Waals surface area contributed by atoms with Crippen LogP contribution in [0.3, 0.4) is 0 Å². The van der Waals surface area contributed by atoms with E-state index in [1.165, 1.54) is 12.7 Å². The van der Waals surface area contributed by atoms with Crippen LogP contribution in [0.1, 0.15) is 57.8 Å². The molecule has 19 heavy (non-hydrogen) atoms. The third-order valence-electron chi connectivity index (χ3n) is 4.86. The van der Waals surface area contributed by atoms with Crippen LogP contribution in [-0.4, -0.2) is 43.2 Å². The van der Waals surface area contributed by atoms with Crippen molar-refractivity contribution < 1.29 is 13.5 Å². The van der Waals surface area contributed by atoms with Gasteiger partial charge in [0, 0.05) is 17.8 Å². The molecule has 0 bridgehead atoms. The summed E-state index contributed by atoms with van der Waals surface area (Å²) in [5, 5.41) is 13.1. The van der Waals surface area contributed by atoms with Gasteiger partial charge >= 0.3 is 0 Å². The molecule has 2 aliphatic rings. The van der Waals surface area contributed by atoms with Crippen molar-refractivity contribution in [2.75, 3.05) is 12.9 Å². The molecule has 0 aromatic heterocycles. The summed E-state index contributed by atoms with van der Waals surface area (Å²) in [5.41, 5.74) is -0.150. The molecule has 0 spiro atoms. The Balaban J connectivity index is 1.97. The van der Waals surface area contributed by atoms with Crippen molar-refractivity contribution in [1.82, 2.24) is 5.32 Å². The Morgan fingerprint density at radius 3 is 2.42 bits per heavy atom. The molecule has 2 N–H and O–H groups in total. The van der Waals surface area contributed by atoms with Gasteiger partial charge in [-0.05, 0) is 32.1 Å². The molecule has 2 saturated carbocycles. The Labute approximate surface area is 116 Å². The van der Waals surface area contributed by atoms with Crippen molar-refractivity contribution in [2.24, 2.45) is 0 Å². The molecule has 0 saturated heterocycles. The number of aliphatic hydroxyl groups is 1. The molecular weight excluding hydrogens is 262 g/mol. The Morgan fingerprint density at radius 1 is 1.16 bits per heavy atom. The van der Waals surface area contributed by atoms with E-state index in [0.29, 0.717) is 6.42 Å². The Hall–Kier alpha value is -0.130. The molecule has 2 rings (SSSR count). The second kappa shape index (κ2) is 6.10. The van der Waals surface area contributed by atoms with Crippen LogP contribution in [0, 0.1) is 0 Å². The van der Waals surface area contributed by atoms with Crippen LogP contribution in [-0.2, 0) is 9.84 Å². The summed E-state index contributed by atoms with van der Waals surface area (Å²) >= 11 is 0. The van der Waals surface area contributed by atoms with Gasteiger partial charge in [-0.25, -0.2) is 8.42 Å². The minimum absolute atomic E-state index is 0.150. The normalized spacial score (nSPS) is 32.1. The van der Waals surface area contributed by atoms with E-state index in [4.69, 9.17) is 0 Å². The van der Waals surface area contributed by atoms with Crippen LogP contribution in [0.15, 0.2) is 0 Å². The lowest BCUT2D eigenvalue weighted by Gasteiger charge is -2.42. The van der Waals surface area contributed by atoms with Gasteiger partial charge in [0.15, 0.2) is 0 Å². The molecule has 0 aliphatic heterocycles. The van der Waals surface area contributed by atoms with E-state index in [1.54, 1.807) is 0 Å². The predicted octanol–water partition coefficient (Wildman–Crippen LogP) is 1.63.